The number of halogens is 3. The number of hydrogen-bond donors (Lipinski definition) is 0. The molecule has 0 saturated heterocycles. The van der Waals surface area contributed by atoms with Crippen LogP contribution in [0.3, 0.4) is 0 Å². The molecule has 0 unspecified atom stereocenters. The summed E-state index contributed by atoms with van der Waals surface area (Å²) in [5, 5.41) is 0. The second kappa shape index (κ2) is 8.02. The molecule has 0 radical (unpaired) electrons. The Kier molecular flexibility index (Phi) is 5.27. The van der Waals surface area contributed by atoms with Crippen molar-refractivity contribution in [2.24, 2.45) is 0 Å². The van der Waals surface area contributed by atoms with E-state index in [1.165, 1.54) is 6.07 Å². The van der Waals surface area contributed by atoms with Gasteiger partial charge in [0, 0.05) is 5.56 Å². The number of alkyl halides is 3. The Hall–Kier alpha value is -3.61. The van der Waals surface area contributed by atoms with E-state index in [0.29, 0.717) is 28.4 Å². The van der Waals surface area contributed by atoms with Gasteiger partial charge in [-0.3, -0.25) is 0 Å². The molecule has 7 heteroatoms. The fourth-order valence-electron chi connectivity index (χ4n) is 3.02. The predicted octanol–water partition coefficient (Wildman–Crippen LogP) is 5.90. The van der Waals surface area contributed by atoms with E-state index in [1.807, 2.05) is 30.3 Å². The zero-order chi connectivity index (χ0) is 21.1. The van der Waals surface area contributed by atoms with Crippen molar-refractivity contribution in [2.45, 2.75) is 12.8 Å². The van der Waals surface area contributed by atoms with E-state index in [1.54, 1.807) is 31.4 Å². The lowest BCUT2D eigenvalue weighted by Crippen LogP contribution is -2.07. The molecule has 1 heterocycles. The lowest BCUT2D eigenvalue weighted by Gasteiger charge is -2.13. The number of nitrogens with zero attached hydrogens (tertiary/aromatic N) is 2. The SMILES string of the molecule is COc1ccc(OCc2nc3cc(C(F)(F)F)ccc3nc2-c2ccccc2)cc1. The molecule has 0 amide bonds. The molecule has 1 aromatic heterocycles. The highest BCUT2D eigenvalue weighted by atomic mass is 19.4. The molecule has 0 N–H and O–H groups in total. The summed E-state index contributed by atoms with van der Waals surface area (Å²) >= 11 is 0. The third kappa shape index (κ3) is 4.20. The van der Waals surface area contributed by atoms with Crippen molar-refractivity contribution in [1.29, 1.82) is 0 Å². The van der Waals surface area contributed by atoms with Crippen molar-refractivity contribution in [2.75, 3.05) is 7.11 Å². The van der Waals surface area contributed by atoms with E-state index in [0.717, 1.165) is 17.7 Å². The van der Waals surface area contributed by atoms with Crippen molar-refractivity contribution in [3.8, 4) is 22.8 Å². The van der Waals surface area contributed by atoms with E-state index in [9.17, 15) is 13.2 Å². The molecule has 0 bridgehead atoms. The van der Waals surface area contributed by atoms with Gasteiger partial charge in [-0.25, -0.2) is 9.97 Å². The molecule has 3 aromatic carbocycles. The minimum Gasteiger partial charge on any atom is -0.497 e. The van der Waals surface area contributed by atoms with Crippen LogP contribution < -0.4 is 9.47 Å². The maximum absolute atomic E-state index is 13.1. The van der Waals surface area contributed by atoms with E-state index >= 15 is 0 Å². The predicted molar refractivity (Wildman–Crippen MR) is 107 cm³/mol. The Balaban J connectivity index is 1.75. The van der Waals surface area contributed by atoms with Gasteiger partial charge in [0.25, 0.3) is 0 Å². The highest BCUT2D eigenvalue weighted by Gasteiger charge is 2.30. The standard InChI is InChI=1S/C23H17F3N2O2/c1-29-17-8-10-18(11-9-17)30-14-21-22(15-5-3-2-4-6-15)28-19-12-7-16(23(24,25)26)13-20(19)27-21/h2-13H,14H2,1H3. The van der Waals surface area contributed by atoms with Crippen molar-refractivity contribution in [1.82, 2.24) is 9.97 Å². The zero-order valence-corrected chi connectivity index (χ0v) is 16.0. The first kappa shape index (κ1) is 19.7. The van der Waals surface area contributed by atoms with Crippen molar-refractivity contribution in [3.63, 3.8) is 0 Å². The number of hydrogen-bond acceptors (Lipinski definition) is 4. The van der Waals surface area contributed by atoms with Crippen molar-refractivity contribution < 1.29 is 22.6 Å². The normalized spacial score (nSPS) is 11.5. The van der Waals surface area contributed by atoms with Gasteiger partial charge >= 0.3 is 6.18 Å². The number of benzene rings is 3. The quantitative estimate of drug-likeness (QED) is 0.411. The van der Waals surface area contributed by atoms with Crippen molar-refractivity contribution >= 4 is 11.0 Å². The number of rotatable bonds is 5. The summed E-state index contributed by atoms with van der Waals surface area (Å²) in [5.74, 6) is 1.28. The van der Waals surface area contributed by atoms with Gasteiger partial charge in [-0.1, -0.05) is 30.3 Å². The molecular formula is C23H17F3N2O2. The van der Waals surface area contributed by atoms with Crippen molar-refractivity contribution in [3.05, 3.63) is 84.1 Å². The lowest BCUT2D eigenvalue weighted by molar-refractivity contribution is -0.137. The Morgan fingerprint density at radius 3 is 2.17 bits per heavy atom. The fourth-order valence-corrected chi connectivity index (χ4v) is 3.02. The Morgan fingerprint density at radius 1 is 0.800 bits per heavy atom. The highest BCUT2D eigenvalue weighted by Crippen LogP contribution is 2.32. The van der Waals surface area contributed by atoms with Crippen LogP contribution in [0.4, 0.5) is 13.2 Å². The summed E-state index contributed by atoms with van der Waals surface area (Å²) in [6.07, 6.45) is -4.45. The van der Waals surface area contributed by atoms with Crippen LogP contribution in [0.15, 0.2) is 72.8 Å². The first-order chi connectivity index (χ1) is 14.4. The highest BCUT2D eigenvalue weighted by molar-refractivity contribution is 5.79. The molecule has 0 atom stereocenters. The minimum absolute atomic E-state index is 0.0513. The van der Waals surface area contributed by atoms with Crippen LogP contribution in [0.1, 0.15) is 11.3 Å². The van der Waals surface area contributed by atoms with E-state index in [4.69, 9.17) is 9.47 Å². The van der Waals surface area contributed by atoms with Gasteiger partial charge in [-0.15, -0.1) is 0 Å². The topological polar surface area (TPSA) is 44.2 Å². The van der Waals surface area contributed by atoms with Gasteiger partial charge < -0.3 is 9.47 Å². The van der Waals surface area contributed by atoms with E-state index in [2.05, 4.69) is 9.97 Å². The number of fused-ring (bicyclic) bond motifs is 1. The van der Waals surface area contributed by atoms with Crippen LogP contribution in [-0.4, -0.2) is 17.1 Å². The van der Waals surface area contributed by atoms with E-state index in [-0.39, 0.29) is 12.1 Å². The third-order valence-electron chi connectivity index (χ3n) is 4.55. The van der Waals surface area contributed by atoms with E-state index < -0.39 is 11.7 Å². The van der Waals surface area contributed by atoms with Crippen LogP contribution in [0.2, 0.25) is 0 Å². The van der Waals surface area contributed by atoms with Crippen LogP contribution in [0.25, 0.3) is 22.3 Å². The molecule has 0 fully saturated rings. The first-order valence-corrected chi connectivity index (χ1v) is 9.14. The lowest BCUT2D eigenvalue weighted by atomic mass is 10.1. The van der Waals surface area contributed by atoms with Crippen LogP contribution in [0.5, 0.6) is 11.5 Å². The molecular weight excluding hydrogens is 393 g/mol. The minimum atomic E-state index is -4.45. The Labute approximate surface area is 170 Å². The molecule has 152 valence electrons. The van der Waals surface area contributed by atoms with Crippen LogP contribution in [-0.2, 0) is 12.8 Å². The summed E-state index contributed by atoms with van der Waals surface area (Å²) in [5.41, 5.74) is 1.60. The summed E-state index contributed by atoms with van der Waals surface area (Å²) in [4.78, 5) is 9.04. The molecule has 0 spiro atoms. The van der Waals surface area contributed by atoms with Gasteiger partial charge in [0.2, 0.25) is 0 Å². The first-order valence-electron chi connectivity index (χ1n) is 9.14. The average molecular weight is 410 g/mol. The van der Waals surface area contributed by atoms with Crippen LogP contribution >= 0.6 is 0 Å². The van der Waals surface area contributed by atoms with Gasteiger partial charge in [0.15, 0.2) is 0 Å². The second-order valence-corrected chi connectivity index (χ2v) is 6.55. The number of aromatic nitrogens is 2. The molecule has 4 nitrogen and oxygen atoms in total. The largest absolute Gasteiger partial charge is 0.497 e. The second-order valence-electron chi connectivity index (χ2n) is 6.55. The molecule has 4 aromatic rings. The third-order valence-corrected chi connectivity index (χ3v) is 4.55. The molecule has 4 rings (SSSR count). The molecule has 0 aliphatic heterocycles. The smallest absolute Gasteiger partial charge is 0.416 e. The number of ether oxygens (including phenoxy) is 2. The summed E-state index contributed by atoms with van der Waals surface area (Å²) in [6.45, 7) is 0.0513. The Bertz CT molecular complexity index is 1160. The number of methoxy groups -OCH3 is 1. The van der Waals surface area contributed by atoms with Gasteiger partial charge in [-0.05, 0) is 42.5 Å². The van der Waals surface area contributed by atoms with Gasteiger partial charge in [0.05, 0.1) is 29.4 Å². The molecule has 0 aliphatic carbocycles. The van der Waals surface area contributed by atoms with Crippen LogP contribution in [0, 0.1) is 0 Å². The maximum atomic E-state index is 13.1. The zero-order valence-electron chi connectivity index (χ0n) is 16.0. The molecule has 0 saturated carbocycles. The maximum Gasteiger partial charge on any atom is 0.416 e. The fraction of sp³-hybridized carbons (Fsp3) is 0.130. The van der Waals surface area contributed by atoms with Gasteiger partial charge in [-0.2, -0.15) is 13.2 Å². The van der Waals surface area contributed by atoms with Gasteiger partial charge in [0.1, 0.15) is 23.8 Å². The molecule has 30 heavy (non-hydrogen) atoms. The average Bonchev–Trinajstić information content (AvgIpc) is 2.77. The monoisotopic (exact) mass is 410 g/mol. The Morgan fingerprint density at radius 2 is 1.50 bits per heavy atom. The summed E-state index contributed by atoms with van der Waals surface area (Å²) in [7, 11) is 1.57. The summed E-state index contributed by atoms with van der Waals surface area (Å²) in [6, 6.07) is 19.7. The molecule has 0 aliphatic rings. The summed E-state index contributed by atoms with van der Waals surface area (Å²) < 4.78 is 50.3.